The van der Waals surface area contributed by atoms with Gasteiger partial charge in [0.2, 0.25) is 0 Å². The molecule has 1 heterocycles. The van der Waals surface area contributed by atoms with Crippen LogP contribution in [0.5, 0.6) is 0 Å². The van der Waals surface area contributed by atoms with E-state index in [9.17, 15) is 0 Å². The molecule has 1 atom stereocenters. The van der Waals surface area contributed by atoms with Crippen LogP contribution in [0.4, 0.5) is 0 Å². The molecule has 0 aliphatic heterocycles. The average Bonchev–Trinajstić information content (AvgIpc) is 2.71. The lowest BCUT2D eigenvalue weighted by atomic mass is 10.3. The Morgan fingerprint density at radius 1 is 1.64 bits per heavy atom. The van der Waals surface area contributed by atoms with Crippen LogP contribution in [0.3, 0.4) is 0 Å². The van der Waals surface area contributed by atoms with Gasteiger partial charge in [-0.1, -0.05) is 0 Å². The molecule has 0 saturated heterocycles. The Morgan fingerprint density at radius 3 is 3.07 bits per heavy atom. The fourth-order valence-electron chi connectivity index (χ4n) is 1.17. The summed E-state index contributed by atoms with van der Waals surface area (Å²) in [5.41, 5.74) is 5.67. The first-order valence-corrected chi connectivity index (χ1v) is 5.77. The maximum Gasteiger partial charge on any atom is 0.118 e. The minimum atomic E-state index is 0.279. The number of nitrogens with two attached hydrogens (primary N) is 1. The van der Waals surface area contributed by atoms with Crippen molar-refractivity contribution in [3.8, 4) is 0 Å². The quantitative estimate of drug-likeness (QED) is 0.707. The zero-order valence-electron chi connectivity index (χ0n) is 8.44. The van der Waals surface area contributed by atoms with Crippen molar-refractivity contribution in [2.24, 2.45) is 5.73 Å². The van der Waals surface area contributed by atoms with Gasteiger partial charge in [0.15, 0.2) is 0 Å². The van der Waals surface area contributed by atoms with Gasteiger partial charge in [0.25, 0.3) is 0 Å². The van der Waals surface area contributed by atoms with E-state index in [-0.39, 0.29) is 5.25 Å². The standard InChI is InChI=1S/C10H17NO2S/c1-12-5-3-7-14-10(8-11)9-4-2-6-13-9/h2,4,6,10H,3,5,7-8,11H2,1H3. The molecule has 0 aliphatic carbocycles. The highest BCUT2D eigenvalue weighted by Gasteiger charge is 2.11. The van der Waals surface area contributed by atoms with Crippen LogP contribution >= 0.6 is 11.8 Å². The first-order valence-electron chi connectivity index (χ1n) is 4.72. The van der Waals surface area contributed by atoms with E-state index in [1.165, 1.54) is 0 Å². The minimum Gasteiger partial charge on any atom is -0.468 e. The van der Waals surface area contributed by atoms with Crippen LogP contribution in [0.2, 0.25) is 0 Å². The van der Waals surface area contributed by atoms with Gasteiger partial charge < -0.3 is 14.9 Å². The number of hydrogen-bond acceptors (Lipinski definition) is 4. The molecule has 0 saturated carbocycles. The molecule has 1 aromatic rings. The van der Waals surface area contributed by atoms with Gasteiger partial charge >= 0.3 is 0 Å². The van der Waals surface area contributed by atoms with Crippen LogP contribution < -0.4 is 5.73 Å². The Hall–Kier alpha value is -0.450. The molecular formula is C10H17NO2S. The van der Waals surface area contributed by atoms with E-state index in [4.69, 9.17) is 14.9 Å². The zero-order valence-corrected chi connectivity index (χ0v) is 9.26. The molecule has 2 N–H and O–H groups in total. The molecule has 14 heavy (non-hydrogen) atoms. The molecule has 0 aromatic carbocycles. The SMILES string of the molecule is COCCCSC(CN)c1ccco1. The number of hydrogen-bond donors (Lipinski definition) is 1. The lowest BCUT2D eigenvalue weighted by Crippen LogP contribution is -2.09. The van der Waals surface area contributed by atoms with Gasteiger partial charge in [0, 0.05) is 20.3 Å². The van der Waals surface area contributed by atoms with Crippen molar-refractivity contribution < 1.29 is 9.15 Å². The third-order valence-electron chi connectivity index (χ3n) is 1.89. The molecule has 0 fully saturated rings. The van der Waals surface area contributed by atoms with Crippen molar-refractivity contribution >= 4 is 11.8 Å². The zero-order chi connectivity index (χ0) is 10.2. The van der Waals surface area contributed by atoms with Crippen molar-refractivity contribution in [2.45, 2.75) is 11.7 Å². The second-order valence-electron chi connectivity index (χ2n) is 2.96. The fourth-order valence-corrected chi connectivity index (χ4v) is 2.17. The molecule has 0 aliphatic rings. The molecule has 3 nitrogen and oxygen atoms in total. The van der Waals surface area contributed by atoms with E-state index >= 15 is 0 Å². The van der Waals surface area contributed by atoms with E-state index in [1.807, 2.05) is 23.9 Å². The van der Waals surface area contributed by atoms with Crippen LogP contribution in [-0.2, 0) is 4.74 Å². The largest absolute Gasteiger partial charge is 0.468 e. The Labute approximate surface area is 89.0 Å². The van der Waals surface area contributed by atoms with Gasteiger partial charge in [0.05, 0.1) is 11.5 Å². The van der Waals surface area contributed by atoms with Crippen molar-refractivity contribution in [3.05, 3.63) is 24.2 Å². The molecule has 0 radical (unpaired) electrons. The normalized spacial score (nSPS) is 13.0. The van der Waals surface area contributed by atoms with Crippen molar-refractivity contribution in [1.82, 2.24) is 0 Å². The summed E-state index contributed by atoms with van der Waals surface area (Å²) >= 11 is 1.82. The van der Waals surface area contributed by atoms with Crippen LogP contribution in [-0.4, -0.2) is 26.0 Å². The predicted molar refractivity (Wildman–Crippen MR) is 59.5 cm³/mol. The molecule has 1 unspecified atom stereocenters. The third kappa shape index (κ3) is 3.74. The van der Waals surface area contributed by atoms with Gasteiger partial charge in [-0.25, -0.2) is 0 Å². The molecule has 0 spiro atoms. The lowest BCUT2D eigenvalue weighted by molar-refractivity contribution is 0.200. The van der Waals surface area contributed by atoms with Gasteiger partial charge in [-0.2, -0.15) is 0 Å². The van der Waals surface area contributed by atoms with Gasteiger partial charge in [-0.05, 0) is 24.3 Å². The maximum atomic E-state index is 5.67. The van der Waals surface area contributed by atoms with E-state index in [0.717, 1.165) is 24.5 Å². The summed E-state index contributed by atoms with van der Waals surface area (Å²) in [6.07, 6.45) is 2.74. The van der Waals surface area contributed by atoms with E-state index in [1.54, 1.807) is 13.4 Å². The van der Waals surface area contributed by atoms with E-state index < -0.39 is 0 Å². The molecule has 1 aromatic heterocycles. The second kappa shape index (κ2) is 6.92. The summed E-state index contributed by atoms with van der Waals surface area (Å²) in [7, 11) is 1.72. The summed E-state index contributed by atoms with van der Waals surface area (Å²) in [6, 6.07) is 3.87. The number of furan rings is 1. The molecular weight excluding hydrogens is 198 g/mol. The summed E-state index contributed by atoms with van der Waals surface area (Å²) in [6.45, 7) is 1.42. The second-order valence-corrected chi connectivity index (χ2v) is 4.27. The maximum absolute atomic E-state index is 5.67. The summed E-state index contributed by atoms with van der Waals surface area (Å²) in [5, 5.41) is 0.279. The number of thioether (sulfide) groups is 1. The number of rotatable bonds is 7. The molecule has 0 amide bonds. The Bertz CT molecular complexity index is 226. The Balaban J connectivity index is 2.26. The summed E-state index contributed by atoms with van der Waals surface area (Å²) in [4.78, 5) is 0. The smallest absolute Gasteiger partial charge is 0.118 e. The minimum absolute atomic E-state index is 0.279. The first-order chi connectivity index (χ1) is 6.88. The van der Waals surface area contributed by atoms with Gasteiger partial charge in [0.1, 0.15) is 5.76 Å². The van der Waals surface area contributed by atoms with Crippen LogP contribution in [0.15, 0.2) is 22.8 Å². The third-order valence-corrected chi connectivity index (χ3v) is 3.24. The Morgan fingerprint density at radius 2 is 2.50 bits per heavy atom. The van der Waals surface area contributed by atoms with E-state index in [2.05, 4.69) is 0 Å². The topological polar surface area (TPSA) is 48.4 Å². The lowest BCUT2D eigenvalue weighted by Gasteiger charge is -2.10. The highest BCUT2D eigenvalue weighted by atomic mass is 32.2. The van der Waals surface area contributed by atoms with Gasteiger partial charge in [-0.15, -0.1) is 11.8 Å². The van der Waals surface area contributed by atoms with Crippen LogP contribution in [0, 0.1) is 0 Å². The first kappa shape index (κ1) is 11.6. The van der Waals surface area contributed by atoms with Crippen molar-refractivity contribution in [1.29, 1.82) is 0 Å². The number of ether oxygens (including phenoxy) is 1. The molecule has 0 bridgehead atoms. The Kier molecular flexibility index (Phi) is 5.75. The van der Waals surface area contributed by atoms with Crippen molar-refractivity contribution in [2.75, 3.05) is 26.0 Å². The van der Waals surface area contributed by atoms with Crippen molar-refractivity contribution in [3.63, 3.8) is 0 Å². The van der Waals surface area contributed by atoms with Gasteiger partial charge in [-0.3, -0.25) is 0 Å². The molecule has 1 rings (SSSR count). The van der Waals surface area contributed by atoms with Crippen LogP contribution in [0.25, 0.3) is 0 Å². The summed E-state index contributed by atoms with van der Waals surface area (Å²) in [5.74, 6) is 2.02. The van der Waals surface area contributed by atoms with Crippen LogP contribution in [0.1, 0.15) is 17.4 Å². The number of methoxy groups -OCH3 is 1. The monoisotopic (exact) mass is 215 g/mol. The molecule has 80 valence electrons. The van der Waals surface area contributed by atoms with E-state index in [0.29, 0.717) is 6.54 Å². The highest BCUT2D eigenvalue weighted by molar-refractivity contribution is 7.99. The summed E-state index contributed by atoms with van der Waals surface area (Å²) < 4.78 is 10.3. The molecule has 4 heteroatoms. The fraction of sp³-hybridized carbons (Fsp3) is 0.600. The highest BCUT2D eigenvalue weighted by Crippen LogP contribution is 2.28. The predicted octanol–water partition coefficient (Wildman–Crippen LogP) is 2.05. The average molecular weight is 215 g/mol.